The van der Waals surface area contributed by atoms with Crippen molar-refractivity contribution in [1.82, 2.24) is 15.0 Å². The summed E-state index contributed by atoms with van der Waals surface area (Å²) in [5, 5.41) is 3.70. The molecule has 8 heteroatoms. The Bertz CT molecular complexity index is 1480. The zero-order valence-corrected chi connectivity index (χ0v) is 20.7. The Labute approximate surface area is 215 Å². The summed E-state index contributed by atoms with van der Waals surface area (Å²) < 4.78 is 14.7. The maximum absolute atomic E-state index is 13.5. The molecular weight excluding hydrogens is 556 g/mol. The van der Waals surface area contributed by atoms with Gasteiger partial charge in [-0.15, -0.1) is 0 Å². The standard InChI is InChI=1S/C27H21FIN5O/c28-19-5-3-18(4-6-19)25-24(17-11-13-31-14-12-17)21-9-10-23(32-26(21)34-25)33-27(35)22(30)15-16-1-7-20(29)8-2-16/h1-14,22H,15,30H2,(H2,32,33,34,35)/t22-/m0/s1. The van der Waals surface area contributed by atoms with E-state index in [0.29, 0.717) is 17.9 Å². The van der Waals surface area contributed by atoms with Crippen molar-refractivity contribution >= 4 is 45.3 Å². The van der Waals surface area contributed by atoms with Gasteiger partial charge in [0.05, 0.1) is 11.7 Å². The SMILES string of the molecule is N[C@@H](Cc1ccc(I)cc1)C(=O)Nc1ccc2c(-c3ccncc3)c(-c3ccc(F)cc3)[nH]c2n1. The number of nitrogens with zero attached hydrogens (tertiary/aromatic N) is 2. The highest BCUT2D eigenvalue weighted by Gasteiger charge is 2.19. The molecule has 0 spiro atoms. The van der Waals surface area contributed by atoms with E-state index in [9.17, 15) is 9.18 Å². The van der Waals surface area contributed by atoms with Gasteiger partial charge >= 0.3 is 0 Å². The van der Waals surface area contributed by atoms with Gasteiger partial charge in [0.2, 0.25) is 5.91 Å². The molecule has 3 aromatic heterocycles. The number of rotatable bonds is 6. The summed E-state index contributed by atoms with van der Waals surface area (Å²) >= 11 is 2.24. The zero-order chi connectivity index (χ0) is 24.4. The van der Waals surface area contributed by atoms with E-state index in [0.717, 1.165) is 36.9 Å². The molecule has 3 heterocycles. The predicted octanol–water partition coefficient (Wildman–Crippen LogP) is 5.54. The molecule has 2 aromatic carbocycles. The van der Waals surface area contributed by atoms with Crippen LogP contribution in [0.15, 0.2) is 85.2 Å². The van der Waals surface area contributed by atoms with Crippen molar-refractivity contribution in [2.45, 2.75) is 12.5 Å². The molecule has 0 aliphatic carbocycles. The van der Waals surface area contributed by atoms with Crippen LogP contribution in [0.25, 0.3) is 33.4 Å². The number of carbonyl (C=O) groups excluding carboxylic acids is 1. The van der Waals surface area contributed by atoms with Gasteiger partial charge in [-0.25, -0.2) is 9.37 Å². The maximum atomic E-state index is 13.5. The molecule has 0 aliphatic heterocycles. The van der Waals surface area contributed by atoms with Crippen LogP contribution in [0, 0.1) is 9.39 Å². The van der Waals surface area contributed by atoms with Crippen LogP contribution in [0.2, 0.25) is 0 Å². The Kier molecular flexibility index (Phi) is 6.56. The average molecular weight is 577 g/mol. The van der Waals surface area contributed by atoms with Gasteiger partial charge in [-0.1, -0.05) is 12.1 Å². The van der Waals surface area contributed by atoms with E-state index >= 15 is 0 Å². The van der Waals surface area contributed by atoms with E-state index < -0.39 is 6.04 Å². The second-order valence-corrected chi connectivity index (χ2v) is 9.38. The molecule has 35 heavy (non-hydrogen) atoms. The van der Waals surface area contributed by atoms with Crippen LogP contribution in [0.4, 0.5) is 10.2 Å². The van der Waals surface area contributed by atoms with Crippen LogP contribution in [-0.2, 0) is 11.2 Å². The summed E-state index contributed by atoms with van der Waals surface area (Å²) in [5.74, 6) is -0.219. The number of anilines is 1. The van der Waals surface area contributed by atoms with Crippen LogP contribution in [0.3, 0.4) is 0 Å². The summed E-state index contributed by atoms with van der Waals surface area (Å²) in [6.07, 6.45) is 3.87. The molecule has 1 atom stereocenters. The number of hydrogen-bond donors (Lipinski definition) is 3. The molecule has 0 aliphatic rings. The van der Waals surface area contributed by atoms with Crippen molar-refractivity contribution in [3.05, 3.63) is 100 Å². The normalized spacial score (nSPS) is 12.0. The Balaban J connectivity index is 1.46. The Morgan fingerprint density at radius 2 is 1.69 bits per heavy atom. The first-order valence-corrected chi connectivity index (χ1v) is 12.1. The van der Waals surface area contributed by atoms with E-state index in [1.165, 1.54) is 12.1 Å². The van der Waals surface area contributed by atoms with Gasteiger partial charge < -0.3 is 16.0 Å². The van der Waals surface area contributed by atoms with Gasteiger partial charge in [-0.3, -0.25) is 9.78 Å². The second-order valence-electron chi connectivity index (χ2n) is 8.14. The number of nitrogens with one attached hydrogen (secondary N) is 2. The summed E-state index contributed by atoms with van der Waals surface area (Å²) in [5.41, 5.74) is 11.2. The fourth-order valence-electron chi connectivity index (χ4n) is 3.98. The first kappa shape index (κ1) is 23.1. The summed E-state index contributed by atoms with van der Waals surface area (Å²) in [6, 6.07) is 21.0. The van der Waals surface area contributed by atoms with Gasteiger partial charge in [0.1, 0.15) is 17.3 Å². The van der Waals surface area contributed by atoms with Crippen molar-refractivity contribution in [2.24, 2.45) is 5.73 Å². The van der Waals surface area contributed by atoms with Gasteiger partial charge in [0.15, 0.2) is 0 Å². The van der Waals surface area contributed by atoms with E-state index in [-0.39, 0.29) is 11.7 Å². The van der Waals surface area contributed by atoms with Crippen molar-refractivity contribution in [3.63, 3.8) is 0 Å². The van der Waals surface area contributed by atoms with Crippen molar-refractivity contribution < 1.29 is 9.18 Å². The molecule has 174 valence electrons. The molecule has 6 nitrogen and oxygen atoms in total. The number of carbonyl (C=O) groups is 1. The number of fused-ring (bicyclic) bond motifs is 1. The quantitative estimate of drug-likeness (QED) is 0.231. The molecule has 0 saturated carbocycles. The summed E-state index contributed by atoms with van der Waals surface area (Å²) in [4.78, 5) is 24.8. The molecule has 4 N–H and O–H groups in total. The fourth-order valence-corrected chi connectivity index (χ4v) is 4.34. The van der Waals surface area contributed by atoms with E-state index in [1.807, 2.05) is 42.5 Å². The van der Waals surface area contributed by atoms with E-state index in [4.69, 9.17) is 5.73 Å². The first-order chi connectivity index (χ1) is 17.0. The Morgan fingerprint density at radius 3 is 2.40 bits per heavy atom. The minimum Gasteiger partial charge on any atom is -0.339 e. The highest BCUT2D eigenvalue weighted by molar-refractivity contribution is 14.1. The van der Waals surface area contributed by atoms with Gasteiger partial charge in [-0.05, 0) is 106 Å². The highest BCUT2D eigenvalue weighted by Crippen LogP contribution is 2.38. The lowest BCUT2D eigenvalue weighted by molar-refractivity contribution is -0.117. The third kappa shape index (κ3) is 5.08. The molecule has 1 amide bonds. The molecule has 0 bridgehead atoms. The number of aromatic amines is 1. The van der Waals surface area contributed by atoms with Gasteiger partial charge in [-0.2, -0.15) is 0 Å². The average Bonchev–Trinajstić information content (AvgIpc) is 3.25. The fraction of sp³-hybridized carbons (Fsp3) is 0.0741. The van der Waals surface area contributed by atoms with Crippen molar-refractivity contribution in [3.8, 4) is 22.4 Å². The lowest BCUT2D eigenvalue weighted by atomic mass is 10.00. The minimum absolute atomic E-state index is 0.306. The third-order valence-corrected chi connectivity index (χ3v) is 6.44. The molecule has 0 unspecified atom stereocenters. The van der Waals surface area contributed by atoms with Gasteiger partial charge in [0.25, 0.3) is 0 Å². The maximum Gasteiger partial charge on any atom is 0.242 e. The van der Waals surface area contributed by atoms with Crippen molar-refractivity contribution in [2.75, 3.05) is 5.32 Å². The monoisotopic (exact) mass is 577 g/mol. The molecule has 0 radical (unpaired) electrons. The van der Waals surface area contributed by atoms with E-state index in [1.54, 1.807) is 30.6 Å². The number of pyridine rings is 2. The predicted molar refractivity (Wildman–Crippen MR) is 144 cm³/mol. The number of nitrogens with two attached hydrogens (primary N) is 1. The van der Waals surface area contributed by atoms with Crippen molar-refractivity contribution in [1.29, 1.82) is 0 Å². The lowest BCUT2D eigenvalue weighted by Gasteiger charge is -2.12. The second kappa shape index (κ2) is 9.93. The lowest BCUT2D eigenvalue weighted by Crippen LogP contribution is -2.37. The smallest absolute Gasteiger partial charge is 0.242 e. The topological polar surface area (TPSA) is 96.7 Å². The largest absolute Gasteiger partial charge is 0.339 e. The van der Waals surface area contributed by atoms with E-state index in [2.05, 4.69) is 42.9 Å². The van der Waals surface area contributed by atoms with Crippen LogP contribution in [0.1, 0.15) is 5.56 Å². The number of H-pyrrole nitrogens is 1. The number of benzene rings is 2. The molecule has 0 fully saturated rings. The number of aromatic nitrogens is 3. The molecule has 5 rings (SSSR count). The first-order valence-electron chi connectivity index (χ1n) is 11.0. The van der Waals surface area contributed by atoms with Crippen LogP contribution >= 0.6 is 22.6 Å². The highest BCUT2D eigenvalue weighted by atomic mass is 127. The minimum atomic E-state index is -0.710. The third-order valence-electron chi connectivity index (χ3n) is 5.72. The molecular formula is C27H21FIN5O. The number of hydrogen-bond acceptors (Lipinski definition) is 4. The summed E-state index contributed by atoms with van der Waals surface area (Å²) in [7, 11) is 0. The number of halogens is 2. The molecule has 5 aromatic rings. The summed E-state index contributed by atoms with van der Waals surface area (Å²) in [6.45, 7) is 0. The Hall–Kier alpha value is -3.63. The van der Waals surface area contributed by atoms with Gasteiger partial charge in [0, 0.05) is 26.9 Å². The Morgan fingerprint density at radius 1 is 0.971 bits per heavy atom. The number of amides is 1. The van der Waals surface area contributed by atoms with Crippen LogP contribution < -0.4 is 11.1 Å². The van der Waals surface area contributed by atoms with Crippen LogP contribution in [-0.4, -0.2) is 26.9 Å². The van der Waals surface area contributed by atoms with Crippen LogP contribution in [0.5, 0.6) is 0 Å². The molecule has 0 saturated heterocycles. The zero-order valence-electron chi connectivity index (χ0n) is 18.5.